The van der Waals surface area contributed by atoms with Gasteiger partial charge in [-0.15, -0.1) is 10.2 Å². The van der Waals surface area contributed by atoms with Crippen LogP contribution < -0.4 is 5.32 Å². The first-order valence-corrected chi connectivity index (χ1v) is 11.4. The molecule has 1 aromatic heterocycles. The molecule has 0 atom stereocenters. The maximum Gasteiger partial charge on any atom is 0.230 e. The Bertz CT molecular complexity index is 1020. The fourth-order valence-corrected chi connectivity index (χ4v) is 4.35. The molecule has 1 aliphatic heterocycles. The maximum atomic E-state index is 12.3. The van der Waals surface area contributed by atoms with E-state index in [4.69, 9.17) is 0 Å². The molecular weight excluding hydrogens is 410 g/mol. The molecule has 2 amide bonds. The molecule has 0 aliphatic carbocycles. The average molecular weight is 436 g/mol. The average Bonchev–Trinajstić information content (AvgIpc) is 3.42. The lowest BCUT2D eigenvalue weighted by Crippen LogP contribution is -2.31. The Morgan fingerprint density at radius 1 is 1.03 bits per heavy atom. The third-order valence-corrected chi connectivity index (χ3v) is 6.04. The minimum atomic E-state index is -0.0541. The predicted octanol–water partition coefficient (Wildman–Crippen LogP) is 3.16. The molecular formula is C23H25N5O2S. The molecule has 0 spiro atoms. The van der Waals surface area contributed by atoms with Crippen LogP contribution in [-0.4, -0.2) is 56.9 Å². The minimum absolute atomic E-state index is 0.0541. The predicted molar refractivity (Wildman–Crippen MR) is 121 cm³/mol. The van der Waals surface area contributed by atoms with Gasteiger partial charge in [0.1, 0.15) is 0 Å². The van der Waals surface area contributed by atoms with Gasteiger partial charge in [0.15, 0.2) is 11.0 Å². The fourth-order valence-electron chi connectivity index (χ4n) is 3.57. The van der Waals surface area contributed by atoms with Crippen LogP contribution in [0.25, 0.3) is 17.1 Å². The van der Waals surface area contributed by atoms with Gasteiger partial charge in [-0.2, -0.15) is 0 Å². The molecule has 7 nitrogen and oxygen atoms in total. The molecule has 2 heterocycles. The quantitative estimate of drug-likeness (QED) is 0.413. The zero-order valence-electron chi connectivity index (χ0n) is 17.2. The summed E-state index contributed by atoms with van der Waals surface area (Å²) >= 11 is 1.36. The fraction of sp³-hybridized carbons (Fsp3) is 0.304. The van der Waals surface area contributed by atoms with E-state index in [9.17, 15) is 9.59 Å². The zero-order chi connectivity index (χ0) is 21.5. The molecule has 1 fully saturated rings. The largest absolute Gasteiger partial charge is 0.355 e. The van der Waals surface area contributed by atoms with E-state index in [0.29, 0.717) is 24.7 Å². The van der Waals surface area contributed by atoms with Gasteiger partial charge >= 0.3 is 0 Å². The lowest BCUT2D eigenvalue weighted by Gasteiger charge is -2.15. The number of hydrogen-bond donors (Lipinski definition) is 1. The van der Waals surface area contributed by atoms with Crippen LogP contribution in [0, 0.1) is 0 Å². The van der Waals surface area contributed by atoms with Crippen LogP contribution in [0.4, 0.5) is 0 Å². The number of hydrogen-bond acceptors (Lipinski definition) is 5. The van der Waals surface area contributed by atoms with Crippen molar-refractivity contribution in [3.63, 3.8) is 0 Å². The van der Waals surface area contributed by atoms with Crippen LogP contribution in [0.1, 0.15) is 19.3 Å². The van der Waals surface area contributed by atoms with E-state index in [-0.39, 0.29) is 17.6 Å². The second-order valence-corrected chi connectivity index (χ2v) is 8.26. The van der Waals surface area contributed by atoms with Gasteiger partial charge < -0.3 is 10.2 Å². The first-order valence-electron chi connectivity index (χ1n) is 10.5. The number of benzene rings is 2. The molecule has 4 rings (SSSR count). The number of amides is 2. The van der Waals surface area contributed by atoms with Crippen molar-refractivity contribution in [2.75, 3.05) is 25.4 Å². The first-order chi connectivity index (χ1) is 15.2. The summed E-state index contributed by atoms with van der Waals surface area (Å²) in [6, 6.07) is 19.8. The van der Waals surface area contributed by atoms with Gasteiger partial charge in [0.2, 0.25) is 11.8 Å². The monoisotopic (exact) mass is 435 g/mol. The van der Waals surface area contributed by atoms with E-state index < -0.39 is 0 Å². The third kappa shape index (κ3) is 5.32. The summed E-state index contributed by atoms with van der Waals surface area (Å²) in [4.78, 5) is 25.8. The van der Waals surface area contributed by atoms with Gasteiger partial charge in [0.25, 0.3) is 0 Å². The second-order valence-electron chi connectivity index (χ2n) is 7.32. The number of thioether (sulfide) groups is 1. The maximum absolute atomic E-state index is 12.3. The Labute approximate surface area is 185 Å². The van der Waals surface area contributed by atoms with Crippen molar-refractivity contribution < 1.29 is 9.59 Å². The highest BCUT2D eigenvalue weighted by molar-refractivity contribution is 7.99. The molecule has 3 aromatic rings. The minimum Gasteiger partial charge on any atom is -0.355 e. The highest BCUT2D eigenvalue weighted by Crippen LogP contribution is 2.27. The third-order valence-electron chi connectivity index (χ3n) is 5.11. The first kappa shape index (κ1) is 21.1. The molecule has 0 unspecified atom stereocenters. The molecule has 160 valence electrons. The van der Waals surface area contributed by atoms with Crippen LogP contribution in [0.5, 0.6) is 0 Å². The number of nitrogens with zero attached hydrogens (tertiary/aromatic N) is 4. The van der Waals surface area contributed by atoms with Gasteiger partial charge in [-0.1, -0.05) is 60.3 Å². The van der Waals surface area contributed by atoms with Crippen LogP contribution in [0.3, 0.4) is 0 Å². The number of carbonyl (C=O) groups is 2. The highest BCUT2D eigenvalue weighted by atomic mass is 32.2. The molecule has 1 N–H and O–H groups in total. The Morgan fingerprint density at radius 3 is 2.48 bits per heavy atom. The van der Waals surface area contributed by atoms with E-state index >= 15 is 0 Å². The molecule has 0 bridgehead atoms. The van der Waals surface area contributed by atoms with Gasteiger partial charge in [-0.25, -0.2) is 0 Å². The molecule has 31 heavy (non-hydrogen) atoms. The number of para-hydroxylation sites is 1. The van der Waals surface area contributed by atoms with Gasteiger partial charge in [-0.3, -0.25) is 14.2 Å². The summed E-state index contributed by atoms with van der Waals surface area (Å²) in [5, 5.41) is 12.3. The van der Waals surface area contributed by atoms with Crippen molar-refractivity contribution in [2.45, 2.75) is 24.4 Å². The van der Waals surface area contributed by atoms with Crippen molar-refractivity contribution in [1.82, 2.24) is 25.0 Å². The molecule has 1 saturated heterocycles. The summed E-state index contributed by atoms with van der Waals surface area (Å²) < 4.78 is 1.98. The van der Waals surface area contributed by atoms with E-state index in [1.807, 2.05) is 70.1 Å². The van der Waals surface area contributed by atoms with Crippen molar-refractivity contribution in [3.8, 4) is 17.1 Å². The summed E-state index contributed by atoms with van der Waals surface area (Å²) in [6.45, 7) is 2.10. The number of aromatic nitrogens is 3. The molecule has 0 saturated carbocycles. The number of likely N-dealkylation sites (tertiary alicyclic amines) is 1. The topological polar surface area (TPSA) is 80.1 Å². The van der Waals surface area contributed by atoms with E-state index in [2.05, 4.69) is 15.5 Å². The smallest absolute Gasteiger partial charge is 0.230 e. The molecule has 1 aliphatic rings. The Balaban J connectivity index is 1.37. The van der Waals surface area contributed by atoms with Crippen LogP contribution in [0.2, 0.25) is 0 Å². The molecule has 2 aromatic carbocycles. The van der Waals surface area contributed by atoms with Crippen LogP contribution in [-0.2, 0) is 9.59 Å². The van der Waals surface area contributed by atoms with Crippen molar-refractivity contribution in [1.29, 1.82) is 0 Å². The SMILES string of the molecule is O=C(CSc1nnc(-c2ccccc2)n1-c1ccccc1)NCCCN1CCCC1=O. The summed E-state index contributed by atoms with van der Waals surface area (Å²) in [7, 11) is 0. The van der Waals surface area contributed by atoms with Gasteiger partial charge in [-0.05, 0) is 25.0 Å². The van der Waals surface area contributed by atoms with E-state index in [1.165, 1.54) is 11.8 Å². The summed E-state index contributed by atoms with van der Waals surface area (Å²) in [5.74, 6) is 1.16. The van der Waals surface area contributed by atoms with Crippen LogP contribution in [0.15, 0.2) is 65.8 Å². The number of rotatable bonds is 9. The molecule has 8 heteroatoms. The Morgan fingerprint density at radius 2 is 1.77 bits per heavy atom. The number of carbonyl (C=O) groups excluding carboxylic acids is 2. The molecule has 0 radical (unpaired) electrons. The van der Waals surface area contributed by atoms with Crippen LogP contribution >= 0.6 is 11.8 Å². The summed E-state index contributed by atoms with van der Waals surface area (Å²) in [5.41, 5.74) is 1.91. The highest BCUT2D eigenvalue weighted by Gasteiger charge is 2.19. The Kier molecular flexibility index (Phi) is 6.99. The van der Waals surface area contributed by atoms with Gasteiger partial charge in [0, 0.05) is 37.3 Å². The normalized spacial score (nSPS) is 13.5. The van der Waals surface area contributed by atoms with E-state index in [0.717, 1.165) is 36.5 Å². The van der Waals surface area contributed by atoms with E-state index in [1.54, 1.807) is 0 Å². The lowest BCUT2D eigenvalue weighted by molar-refractivity contribution is -0.127. The Hall–Kier alpha value is -3.13. The van der Waals surface area contributed by atoms with Gasteiger partial charge in [0.05, 0.1) is 5.75 Å². The standard InChI is InChI=1S/C23H25N5O2S/c29-20(24-14-8-16-27-15-7-13-21(27)30)17-31-23-26-25-22(18-9-3-1-4-10-18)28(23)19-11-5-2-6-12-19/h1-6,9-12H,7-8,13-17H2,(H,24,29). The lowest BCUT2D eigenvalue weighted by atomic mass is 10.2. The van der Waals surface area contributed by atoms with Crippen molar-refractivity contribution >= 4 is 23.6 Å². The van der Waals surface area contributed by atoms with Crippen molar-refractivity contribution in [3.05, 3.63) is 60.7 Å². The number of nitrogens with one attached hydrogen (secondary N) is 1. The second kappa shape index (κ2) is 10.3. The summed E-state index contributed by atoms with van der Waals surface area (Å²) in [6.07, 6.45) is 2.35. The zero-order valence-corrected chi connectivity index (χ0v) is 18.1. The van der Waals surface area contributed by atoms with Crippen molar-refractivity contribution in [2.24, 2.45) is 0 Å².